The standard InChI is InChI=1S/C24H19BrN2O4S/c25-17-6-8-19(9-7-17)27-24(31)23(16-4-2-1-3-5-16)32-20-12-10-18(11-13-20)26-21(28)14-15-22(29)30/h1-15,23H,(H,26,28)(H,27,31)(H,29,30)/b15-14+. The molecular formula is C24H19BrN2O4S. The predicted octanol–water partition coefficient (Wildman–Crippen LogP) is 5.50. The molecule has 0 aliphatic rings. The normalized spacial score (nSPS) is 11.7. The number of hydrogen-bond acceptors (Lipinski definition) is 4. The molecular weight excluding hydrogens is 492 g/mol. The molecule has 0 bridgehead atoms. The quantitative estimate of drug-likeness (QED) is 0.274. The Kier molecular flexibility index (Phi) is 8.24. The van der Waals surface area contributed by atoms with E-state index in [1.54, 1.807) is 24.3 Å². The molecule has 3 aromatic rings. The summed E-state index contributed by atoms with van der Waals surface area (Å²) < 4.78 is 0.926. The number of rotatable bonds is 8. The number of benzene rings is 3. The number of carbonyl (C=O) groups excluding carboxylic acids is 2. The molecule has 1 atom stereocenters. The lowest BCUT2D eigenvalue weighted by Gasteiger charge is -2.17. The minimum absolute atomic E-state index is 0.153. The maximum absolute atomic E-state index is 13.1. The second kappa shape index (κ2) is 11.3. The molecule has 8 heteroatoms. The summed E-state index contributed by atoms with van der Waals surface area (Å²) in [4.78, 5) is 36.2. The van der Waals surface area contributed by atoms with E-state index in [1.165, 1.54) is 11.8 Å². The van der Waals surface area contributed by atoms with Crippen molar-refractivity contribution in [2.24, 2.45) is 0 Å². The minimum atomic E-state index is -1.19. The molecule has 1 unspecified atom stereocenters. The molecule has 0 spiro atoms. The van der Waals surface area contributed by atoms with Gasteiger partial charge in [0.05, 0.1) is 0 Å². The first-order valence-corrected chi connectivity index (χ1v) is 11.2. The van der Waals surface area contributed by atoms with Crippen molar-refractivity contribution >= 4 is 56.9 Å². The summed E-state index contributed by atoms with van der Waals surface area (Å²) in [5, 5.41) is 13.6. The van der Waals surface area contributed by atoms with Crippen LogP contribution in [-0.4, -0.2) is 22.9 Å². The van der Waals surface area contributed by atoms with Gasteiger partial charge in [0.15, 0.2) is 0 Å². The second-order valence-corrected chi connectivity index (χ2v) is 8.68. The first-order valence-electron chi connectivity index (χ1n) is 9.51. The van der Waals surface area contributed by atoms with E-state index in [-0.39, 0.29) is 5.91 Å². The monoisotopic (exact) mass is 510 g/mol. The van der Waals surface area contributed by atoms with Crippen molar-refractivity contribution in [1.29, 1.82) is 0 Å². The van der Waals surface area contributed by atoms with E-state index in [0.29, 0.717) is 11.4 Å². The predicted molar refractivity (Wildman–Crippen MR) is 130 cm³/mol. The lowest BCUT2D eigenvalue weighted by molar-refractivity contribution is -0.131. The van der Waals surface area contributed by atoms with Crippen molar-refractivity contribution in [3.05, 3.63) is 101 Å². The lowest BCUT2D eigenvalue weighted by Crippen LogP contribution is -2.19. The van der Waals surface area contributed by atoms with Gasteiger partial charge in [-0.1, -0.05) is 46.3 Å². The molecule has 162 valence electrons. The Hall–Kier alpha value is -3.36. The number of thioether (sulfide) groups is 1. The maximum atomic E-state index is 13.1. The Bertz CT molecular complexity index is 1120. The summed E-state index contributed by atoms with van der Waals surface area (Å²) >= 11 is 4.77. The lowest BCUT2D eigenvalue weighted by atomic mass is 10.1. The van der Waals surface area contributed by atoms with Crippen molar-refractivity contribution in [3.8, 4) is 0 Å². The van der Waals surface area contributed by atoms with E-state index in [9.17, 15) is 14.4 Å². The summed E-state index contributed by atoms with van der Waals surface area (Å²) in [6.45, 7) is 0. The maximum Gasteiger partial charge on any atom is 0.328 e. The number of hydrogen-bond donors (Lipinski definition) is 3. The fourth-order valence-corrected chi connectivity index (χ4v) is 4.01. The highest BCUT2D eigenvalue weighted by atomic mass is 79.9. The van der Waals surface area contributed by atoms with E-state index in [1.807, 2.05) is 54.6 Å². The van der Waals surface area contributed by atoms with Gasteiger partial charge in [-0.2, -0.15) is 0 Å². The molecule has 0 heterocycles. The van der Waals surface area contributed by atoms with Crippen molar-refractivity contribution in [3.63, 3.8) is 0 Å². The van der Waals surface area contributed by atoms with Gasteiger partial charge in [0.1, 0.15) is 5.25 Å². The molecule has 2 amide bonds. The van der Waals surface area contributed by atoms with Crippen LogP contribution in [0.2, 0.25) is 0 Å². The summed E-state index contributed by atoms with van der Waals surface area (Å²) in [6, 6.07) is 23.8. The van der Waals surface area contributed by atoms with Gasteiger partial charge < -0.3 is 15.7 Å². The molecule has 0 saturated heterocycles. The average Bonchev–Trinajstić information content (AvgIpc) is 2.79. The molecule has 0 aliphatic heterocycles. The molecule has 0 fully saturated rings. The Labute approximate surface area is 197 Å². The van der Waals surface area contributed by atoms with E-state index >= 15 is 0 Å². The fraction of sp³-hybridized carbons (Fsp3) is 0.0417. The van der Waals surface area contributed by atoms with Crippen LogP contribution in [-0.2, 0) is 14.4 Å². The van der Waals surface area contributed by atoms with E-state index < -0.39 is 17.1 Å². The number of carboxylic acids is 1. The summed E-state index contributed by atoms with van der Waals surface area (Å²) in [5.41, 5.74) is 2.08. The molecule has 0 saturated carbocycles. The first kappa shape index (κ1) is 23.3. The molecule has 3 N–H and O–H groups in total. The molecule has 3 rings (SSSR count). The highest BCUT2D eigenvalue weighted by molar-refractivity contribution is 9.10. The third-order valence-electron chi connectivity index (χ3n) is 4.21. The van der Waals surface area contributed by atoms with E-state index in [4.69, 9.17) is 5.11 Å². The molecule has 32 heavy (non-hydrogen) atoms. The van der Waals surface area contributed by atoms with E-state index in [2.05, 4.69) is 26.6 Å². The van der Waals surface area contributed by atoms with Crippen LogP contribution in [0.1, 0.15) is 10.8 Å². The van der Waals surface area contributed by atoms with Crippen LogP contribution in [0.5, 0.6) is 0 Å². The van der Waals surface area contributed by atoms with Gasteiger partial charge in [-0.15, -0.1) is 11.8 Å². The van der Waals surface area contributed by atoms with Crippen LogP contribution in [0, 0.1) is 0 Å². The third-order valence-corrected chi connectivity index (χ3v) is 6.00. The van der Waals surface area contributed by atoms with Gasteiger partial charge in [-0.05, 0) is 54.1 Å². The molecule has 0 aromatic heterocycles. The Morgan fingerprint density at radius 1 is 0.812 bits per heavy atom. The van der Waals surface area contributed by atoms with Crippen molar-refractivity contribution in [1.82, 2.24) is 0 Å². The van der Waals surface area contributed by atoms with Crippen LogP contribution >= 0.6 is 27.7 Å². The zero-order valence-electron chi connectivity index (χ0n) is 16.7. The average molecular weight is 511 g/mol. The number of carbonyl (C=O) groups is 3. The third kappa shape index (κ3) is 7.11. The SMILES string of the molecule is O=C(O)/C=C/C(=O)Nc1ccc(SC(C(=O)Nc2ccc(Br)cc2)c2ccccc2)cc1. The second-order valence-electron chi connectivity index (χ2n) is 6.59. The smallest absolute Gasteiger partial charge is 0.328 e. The fourth-order valence-electron chi connectivity index (χ4n) is 2.73. The van der Waals surface area contributed by atoms with Crippen LogP contribution in [0.4, 0.5) is 11.4 Å². The Balaban J connectivity index is 1.73. The minimum Gasteiger partial charge on any atom is -0.478 e. The highest BCUT2D eigenvalue weighted by Gasteiger charge is 2.22. The van der Waals surface area contributed by atoms with Crippen LogP contribution in [0.15, 0.2) is 100 Å². The molecule has 3 aromatic carbocycles. The Morgan fingerprint density at radius 3 is 2.03 bits per heavy atom. The van der Waals surface area contributed by atoms with Gasteiger partial charge in [-0.3, -0.25) is 9.59 Å². The van der Waals surface area contributed by atoms with Crippen molar-refractivity contribution < 1.29 is 19.5 Å². The van der Waals surface area contributed by atoms with Crippen LogP contribution in [0.25, 0.3) is 0 Å². The number of carboxylic acid groups (broad SMARTS) is 1. The van der Waals surface area contributed by atoms with Crippen molar-refractivity contribution in [2.45, 2.75) is 10.1 Å². The van der Waals surface area contributed by atoms with Gasteiger partial charge in [-0.25, -0.2) is 4.79 Å². The first-order chi connectivity index (χ1) is 15.4. The van der Waals surface area contributed by atoms with E-state index in [0.717, 1.165) is 27.1 Å². The number of halogens is 1. The zero-order valence-corrected chi connectivity index (χ0v) is 19.1. The van der Waals surface area contributed by atoms with Crippen molar-refractivity contribution in [2.75, 3.05) is 10.6 Å². The van der Waals surface area contributed by atoms with Gasteiger partial charge in [0.2, 0.25) is 11.8 Å². The summed E-state index contributed by atoms with van der Waals surface area (Å²) in [7, 11) is 0. The number of aliphatic carboxylic acids is 1. The summed E-state index contributed by atoms with van der Waals surface area (Å²) in [5.74, 6) is -1.89. The summed E-state index contributed by atoms with van der Waals surface area (Å²) in [6.07, 6.45) is 1.72. The zero-order chi connectivity index (χ0) is 22.9. The largest absolute Gasteiger partial charge is 0.478 e. The molecule has 0 radical (unpaired) electrons. The number of amides is 2. The van der Waals surface area contributed by atoms with Gasteiger partial charge >= 0.3 is 5.97 Å². The number of anilines is 2. The highest BCUT2D eigenvalue weighted by Crippen LogP contribution is 2.36. The van der Waals surface area contributed by atoms with Crippen LogP contribution < -0.4 is 10.6 Å². The van der Waals surface area contributed by atoms with Crippen LogP contribution in [0.3, 0.4) is 0 Å². The molecule has 0 aliphatic carbocycles. The molecule has 6 nitrogen and oxygen atoms in total. The Morgan fingerprint density at radius 2 is 1.41 bits per heavy atom. The topological polar surface area (TPSA) is 95.5 Å². The van der Waals surface area contributed by atoms with Gasteiger partial charge in [0, 0.05) is 32.9 Å². The van der Waals surface area contributed by atoms with Gasteiger partial charge in [0.25, 0.3) is 0 Å². The number of nitrogens with one attached hydrogen (secondary N) is 2.